The maximum atomic E-state index is 10.7. The van der Waals surface area contributed by atoms with Crippen LogP contribution in [0, 0.1) is 10.1 Å². The number of hydrogen-bond donors (Lipinski definition) is 0. The molecule has 0 atom stereocenters. The molecule has 0 aliphatic carbocycles. The van der Waals surface area contributed by atoms with Crippen LogP contribution in [0.25, 0.3) is 18.4 Å². The molecule has 1 aromatic heterocycles. The number of nitro groups is 1. The Morgan fingerprint density at radius 1 is 1.28 bits per heavy atom. The van der Waals surface area contributed by atoms with Gasteiger partial charge in [0.2, 0.25) is 5.82 Å². The highest BCUT2D eigenvalue weighted by molar-refractivity contribution is 5.68. The second kappa shape index (κ2) is 5.09. The van der Waals surface area contributed by atoms with Gasteiger partial charge in [-0.3, -0.25) is 0 Å². The summed E-state index contributed by atoms with van der Waals surface area (Å²) in [5.74, 6) is 0.373. The number of hydrogen-bond acceptors (Lipinski definition) is 3. The maximum Gasteiger partial charge on any atom is 0.347 e. The Morgan fingerprint density at radius 2 is 2.00 bits per heavy atom. The summed E-state index contributed by atoms with van der Waals surface area (Å²) in [4.78, 5) is 14.2. The Morgan fingerprint density at radius 3 is 2.61 bits per heavy atom. The van der Waals surface area contributed by atoms with E-state index >= 15 is 0 Å². The van der Waals surface area contributed by atoms with Crippen molar-refractivity contribution < 1.29 is 4.92 Å². The van der Waals surface area contributed by atoms with E-state index in [1.807, 2.05) is 36.4 Å². The fourth-order valence-corrected chi connectivity index (χ4v) is 1.55. The van der Waals surface area contributed by atoms with Crippen molar-refractivity contribution in [2.75, 3.05) is 0 Å². The SMILES string of the molecule is C=Cn1c([N+](=O)[O-])cnc1C=Cc1ccccc1. The third kappa shape index (κ3) is 2.35. The molecule has 0 fully saturated rings. The van der Waals surface area contributed by atoms with Crippen molar-refractivity contribution in [1.29, 1.82) is 0 Å². The number of nitrogens with zero attached hydrogens (tertiary/aromatic N) is 3. The second-order valence-corrected chi connectivity index (χ2v) is 3.53. The highest BCUT2D eigenvalue weighted by atomic mass is 16.6. The van der Waals surface area contributed by atoms with Crippen LogP contribution in [0.2, 0.25) is 0 Å². The van der Waals surface area contributed by atoms with E-state index in [0.717, 1.165) is 5.56 Å². The lowest BCUT2D eigenvalue weighted by Gasteiger charge is -1.95. The third-order valence-electron chi connectivity index (χ3n) is 2.40. The average molecular weight is 241 g/mol. The normalized spacial score (nSPS) is 10.7. The molecule has 2 aromatic rings. The molecule has 0 bridgehead atoms. The summed E-state index contributed by atoms with van der Waals surface area (Å²) in [6, 6.07) is 9.63. The molecule has 5 heteroatoms. The molecule has 5 nitrogen and oxygen atoms in total. The van der Waals surface area contributed by atoms with Gasteiger partial charge in [0.15, 0.2) is 0 Å². The minimum absolute atomic E-state index is 0.0993. The summed E-state index contributed by atoms with van der Waals surface area (Å²) in [6.07, 6.45) is 6.14. The number of aromatic nitrogens is 2. The van der Waals surface area contributed by atoms with Crippen LogP contribution in [0.15, 0.2) is 43.1 Å². The van der Waals surface area contributed by atoms with E-state index in [2.05, 4.69) is 11.6 Å². The first-order chi connectivity index (χ1) is 8.72. The van der Waals surface area contributed by atoms with Gasteiger partial charge in [0, 0.05) is 6.08 Å². The van der Waals surface area contributed by atoms with E-state index in [9.17, 15) is 10.1 Å². The molecule has 1 heterocycles. The topological polar surface area (TPSA) is 61.0 Å². The minimum atomic E-state index is -0.492. The van der Waals surface area contributed by atoms with Gasteiger partial charge in [0.1, 0.15) is 6.20 Å². The molecule has 0 saturated heterocycles. The van der Waals surface area contributed by atoms with Crippen molar-refractivity contribution in [3.63, 3.8) is 0 Å². The highest BCUT2D eigenvalue weighted by Gasteiger charge is 2.15. The maximum absolute atomic E-state index is 10.7. The molecule has 0 N–H and O–H groups in total. The summed E-state index contributed by atoms with van der Waals surface area (Å²) in [5, 5.41) is 10.7. The Kier molecular flexibility index (Phi) is 3.33. The lowest BCUT2D eigenvalue weighted by molar-refractivity contribution is -0.390. The van der Waals surface area contributed by atoms with Crippen molar-refractivity contribution in [1.82, 2.24) is 9.55 Å². The van der Waals surface area contributed by atoms with E-state index in [-0.39, 0.29) is 5.82 Å². The van der Waals surface area contributed by atoms with Crippen LogP contribution in [0.3, 0.4) is 0 Å². The van der Waals surface area contributed by atoms with Gasteiger partial charge in [-0.15, -0.1) is 0 Å². The fraction of sp³-hybridized carbons (Fsp3) is 0. The fourth-order valence-electron chi connectivity index (χ4n) is 1.55. The Labute approximate surface area is 104 Å². The standard InChI is InChI=1S/C13H11N3O2/c1-2-15-12(14-10-13(15)16(17)18)9-8-11-6-4-3-5-7-11/h2-10H,1H2. The zero-order chi connectivity index (χ0) is 13.0. The summed E-state index contributed by atoms with van der Waals surface area (Å²) >= 11 is 0. The zero-order valence-electron chi connectivity index (χ0n) is 9.56. The average Bonchev–Trinajstić information content (AvgIpc) is 2.80. The monoisotopic (exact) mass is 241 g/mol. The molecule has 18 heavy (non-hydrogen) atoms. The molecule has 1 aromatic carbocycles. The van der Waals surface area contributed by atoms with Gasteiger partial charge in [-0.05, 0) is 16.6 Å². The molecule has 0 aliphatic heterocycles. The zero-order valence-corrected chi connectivity index (χ0v) is 9.56. The predicted octanol–water partition coefficient (Wildman–Crippen LogP) is 3.06. The molecular formula is C13H11N3O2. The van der Waals surface area contributed by atoms with Crippen LogP contribution in [0.4, 0.5) is 5.82 Å². The van der Waals surface area contributed by atoms with Gasteiger partial charge >= 0.3 is 5.82 Å². The van der Waals surface area contributed by atoms with E-state index in [0.29, 0.717) is 5.82 Å². The van der Waals surface area contributed by atoms with Gasteiger partial charge in [-0.25, -0.2) is 4.98 Å². The molecule has 0 unspecified atom stereocenters. The lowest BCUT2D eigenvalue weighted by atomic mass is 10.2. The highest BCUT2D eigenvalue weighted by Crippen LogP contribution is 2.16. The van der Waals surface area contributed by atoms with E-state index in [1.165, 1.54) is 17.0 Å². The first-order valence-corrected chi connectivity index (χ1v) is 5.29. The van der Waals surface area contributed by atoms with E-state index in [1.54, 1.807) is 6.08 Å². The summed E-state index contributed by atoms with van der Waals surface area (Å²) in [7, 11) is 0. The predicted molar refractivity (Wildman–Crippen MR) is 70.6 cm³/mol. The summed E-state index contributed by atoms with van der Waals surface area (Å²) < 4.78 is 1.33. The van der Waals surface area contributed by atoms with Gasteiger partial charge in [0.05, 0.1) is 6.20 Å². The van der Waals surface area contributed by atoms with Crippen LogP contribution in [-0.2, 0) is 0 Å². The van der Waals surface area contributed by atoms with Crippen molar-refractivity contribution >= 4 is 24.2 Å². The molecule has 0 amide bonds. The first-order valence-electron chi connectivity index (χ1n) is 5.29. The third-order valence-corrected chi connectivity index (χ3v) is 2.40. The largest absolute Gasteiger partial charge is 0.358 e. The molecule has 0 saturated carbocycles. The number of rotatable bonds is 4. The molecule has 0 spiro atoms. The lowest BCUT2D eigenvalue weighted by Crippen LogP contribution is -1.97. The first kappa shape index (κ1) is 11.8. The summed E-state index contributed by atoms with van der Waals surface area (Å²) in [5.41, 5.74) is 0.999. The quantitative estimate of drug-likeness (QED) is 0.610. The van der Waals surface area contributed by atoms with Crippen molar-refractivity contribution in [2.45, 2.75) is 0 Å². The Hall–Kier alpha value is -2.69. The van der Waals surface area contributed by atoms with Gasteiger partial charge in [0.25, 0.3) is 0 Å². The van der Waals surface area contributed by atoms with Gasteiger partial charge < -0.3 is 10.1 Å². The smallest absolute Gasteiger partial charge is 0.347 e. The Bertz CT molecular complexity index is 600. The van der Waals surface area contributed by atoms with Crippen LogP contribution in [-0.4, -0.2) is 14.5 Å². The van der Waals surface area contributed by atoms with Crippen LogP contribution >= 0.6 is 0 Å². The van der Waals surface area contributed by atoms with Crippen molar-refractivity contribution in [3.8, 4) is 0 Å². The molecule has 90 valence electrons. The minimum Gasteiger partial charge on any atom is -0.358 e. The number of benzene rings is 1. The summed E-state index contributed by atoms with van der Waals surface area (Å²) in [6.45, 7) is 3.55. The van der Waals surface area contributed by atoms with E-state index < -0.39 is 4.92 Å². The van der Waals surface area contributed by atoms with Crippen LogP contribution < -0.4 is 0 Å². The van der Waals surface area contributed by atoms with Crippen molar-refractivity contribution in [3.05, 3.63) is 64.6 Å². The Balaban J connectivity index is 2.33. The molecule has 0 aliphatic rings. The second-order valence-electron chi connectivity index (χ2n) is 3.53. The molecule has 0 radical (unpaired) electrons. The van der Waals surface area contributed by atoms with E-state index in [4.69, 9.17) is 0 Å². The number of imidazole rings is 1. The van der Waals surface area contributed by atoms with Gasteiger partial charge in [-0.1, -0.05) is 36.9 Å². The molecular weight excluding hydrogens is 230 g/mol. The van der Waals surface area contributed by atoms with Crippen LogP contribution in [0.5, 0.6) is 0 Å². The molecule has 2 rings (SSSR count). The van der Waals surface area contributed by atoms with Gasteiger partial charge in [-0.2, -0.15) is 4.57 Å². The van der Waals surface area contributed by atoms with Crippen molar-refractivity contribution in [2.24, 2.45) is 0 Å². The van der Waals surface area contributed by atoms with Crippen LogP contribution in [0.1, 0.15) is 11.4 Å².